The van der Waals surface area contributed by atoms with Crippen molar-refractivity contribution in [3.63, 3.8) is 0 Å². The smallest absolute Gasteiger partial charge is 0.264 e. The number of rotatable bonds is 8. The van der Waals surface area contributed by atoms with Crippen molar-refractivity contribution in [1.29, 1.82) is 0 Å². The number of hydrogen-bond donors (Lipinski definition) is 1. The first kappa shape index (κ1) is 25.4. The molecule has 0 radical (unpaired) electrons. The van der Waals surface area contributed by atoms with Crippen LogP contribution in [0, 0.1) is 0 Å². The summed E-state index contributed by atoms with van der Waals surface area (Å²) < 4.78 is 44.9. The van der Waals surface area contributed by atoms with Crippen molar-refractivity contribution in [2.45, 2.75) is 36.8 Å². The number of ether oxygens (including phenoxy) is 3. The molecule has 0 aliphatic carbocycles. The summed E-state index contributed by atoms with van der Waals surface area (Å²) in [7, 11) is -0.901. The maximum atomic E-state index is 13.6. The minimum atomic E-state index is -4.01. The number of carbonyl (C=O) groups is 1. The first-order valence-electron chi connectivity index (χ1n) is 11.5. The molecular formula is C27H30N2O6S. The predicted octanol–water partition coefficient (Wildman–Crippen LogP) is 4.32. The number of carbonyl (C=O) groups excluding carboxylic acids is 1. The van der Waals surface area contributed by atoms with E-state index in [1.807, 2.05) is 26.0 Å². The summed E-state index contributed by atoms with van der Waals surface area (Å²) in [5, 5.41) is 3.02. The van der Waals surface area contributed by atoms with Crippen molar-refractivity contribution in [3.8, 4) is 17.2 Å². The third-order valence-corrected chi connectivity index (χ3v) is 7.78. The van der Waals surface area contributed by atoms with Gasteiger partial charge in [-0.2, -0.15) is 0 Å². The summed E-state index contributed by atoms with van der Waals surface area (Å²) in [5.41, 5.74) is 0.626. The van der Waals surface area contributed by atoms with E-state index in [0.717, 1.165) is 9.87 Å². The SMILES string of the molecule is COc1ccc(N(CC(=O)NC2CC(C)(C)Oc3cc(OC)ccc32)S(=O)(=O)c2ccccc2)cc1. The standard InChI is InChI=1S/C27H30N2O6S/c1-27(2)17-24(23-15-14-21(34-4)16-25(23)35-27)28-26(30)18-29(19-10-12-20(33-3)13-11-19)36(31,32)22-8-6-5-7-9-22/h5-16,24H,17-18H2,1-4H3,(H,28,30). The Bertz CT molecular complexity index is 1320. The highest BCUT2D eigenvalue weighted by Gasteiger charge is 2.36. The molecule has 1 unspecified atom stereocenters. The Hall–Kier alpha value is -3.72. The van der Waals surface area contributed by atoms with Crippen molar-refractivity contribution in [2.24, 2.45) is 0 Å². The van der Waals surface area contributed by atoms with E-state index in [4.69, 9.17) is 14.2 Å². The van der Waals surface area contributed by atoms with E-state index in [1.165, 1.54) is 19.2 Å². The zero-order valence-electron chi connectivity index (χ0n) is 20.7. The lowest BCUT2D eigenvalue weighted by molar-refractivity contribution is -0.120. The highest BCUT2D eigenvalue weighted by molar-refractivity contribution is 7.92. The number of nitrogens with one attached hydrogen (secondary N) is 1. The number of anilines is 1. The fourth-order valence-electron chi connectivity index (χ4n) is 4.24. The van der Waals surface area contributed by atoms with Crippen LogP contribution in [0.25, 0.3) is 0 Å². The van der Waals surface area contributed by atoms with E-state index in [9.17, 15) is 13.2 Å². The van der Waals surface area contributed by atoms with Crippen LogP contribution < -0.4 is 23.8 Å². The summed E-state index contributed by atoms with van der Waals surface area (Å²) >= 11 is 0. The lowest BCUT2D eigenvalue weighted by atomic mass is 9.89. The molecular weight excluding hydrogens is 480 g/mol. The molecule has 0 spiro atoms. The molecule has 1 atom stereocenters. The molecule has 0 aromatic heterocycles. The van der Waals surface area contributed by atoms with Gasteiger partial charge in [-0.1, -0.05) is 18.2 Å². The predicted molar refractivity (Wildman–Crippen MR) is 137 cm³/mol. The highest BCUT2D eigenvalue weighted by Crippen LogP contribution is 2.41. The maximum Gasteiger partial charge on any atom is 0.264 e. The first-order chi connectivity index (χ1) is 17.1. The van der Waals surface area contributed by atoms with Gasteiger partial charge in [0.05, 0.1) is 30.8 Å². The van der Waals surface area contributed by atoms with Gasteiger partial charge in [0.1, 0.15) is 29.4 Å². The molecule has 3 aromatic rings. The number of fused-ring (bicyclic) bond motifs is 1. The fraction of sp³-hybridized carbons (Fsp3) is 0.296. The van der Waals surface area contributed by atoms with Crippen LogP contribution in [-0.4, -0.2) is 40.7 Å². The summed E-state index contributed by atoms with van der Waals surface area (Å²) in [6.45, 7) is 3.49. The van der Waals surface area contributed by atoms with Crippen LogP contribution in [0.15, 0.2) is 77.7 Å². The highest BCUT2D eigenvalue weighted by atomic mass is 32.2. The molecule has 1 heterocycles. The Labute approximate surface area is 211 Å². The normalized spacial score (nSPS) is 16.3. The molecule has 0 saturated carbocycles. The lowest BCUT2D eigenvalue weighted by Crippen LogP contribution is -2.45. The lowest BCUT2D eigenvalue weighted by Gasteiger charge is -2.38. The average Bonchev–Trinajstić information content (AvgIpc) is 2.86. The number of amides is 1. The van der Waals surface area contributed by atoms with Crippen molar-refractivity contribution in [3.05, 3.63) is 78.4 Å². The minimum absolute atomic E-state index is 0.0956. The second kappa shape index (κ2) is 10.1. The van der Waals surface area contributed by atoms with E-state index in [-0.39, 0.29) is 10.9 Å². The summed E-state index contributed by atoms with van der Waals surface area (Å²) in [4.78, 5) is 13.4. The van der Waals surface area contributed by atoms with E-state index < -0.39 is 28.1 Å². The van der Waals surface area contributed by atoms with Crippen molar-refractivity contribution in [2.75, 3.05) is 25.1 Å². The van der Waals surface area contributed by atoms with Gasteiger partial charge >= 0.3 is 0 Å². The van der Waals surface area contributed by atoms with Crippen LogP contribution >= 0.6 is 0 Å². The second-order valence-corrected chi connectivity index (χ2v) is 11.0. The monoisotopic (exact) mass is 510 g/mol. The van der Waals surface area contributed by atoms with Gasteiger partial charge in [0.25, 0.3) is 10.0 Å². The molecule has 36 heavy (non-hydrogen) atoms. The molecule has 190 valence electrons. The van der Waals surface area contributed by atoms with E-state index in [1.54, 1.807) is 55.6 Å². The van der Waals surface area contributed by atoms with Crippen LogP contribution in [0.5, 0.6) is 17.2 Å². The summed E-state index contributed by atoms with van der Waals surface area (Å²) in [6, 6.07) is 19.7. The molecule has 3 aromatic carbocycles. The van der Waals surface area contributed by atoms with Crippen LogP contribution in [0.4, 0.5) is 5.69 Å². The van der Waals surface area contributed by atoms with Gasteiger partial charge in [0.15, 0.2) is 0 Å². The number of nitrogens with zero attached hydrogens (tertiary/aromatic N) is 1. The van der Waals surface area contributed by atoms with E-state index in [0.29, 0.717) is 29.4 Å². The van der Waals surface area contributed by atoms with Gasteiger partial charge in [-0.15, -0.1) is 0 Å². The third-order valence-electron chi connectivity index (χ3n) is 5.99. The van der Waals surface area contributed by atoms with Gasteiger partial charge in [0, 0.05) is 18.1 Å². The second-order valence-electron chi connectivity index (χ2n) is 9.11. The van der Waals surface area contributed by atoms with Crippen molar-refractivity contribution < 1.29 is 27.4 Å². The molecule has 1 amide bonds. The number of benzene rings is 3. The van der Waals surface area contributed by atoms with Gasteiger partial charge in [-0.05, 0) is 62.4 Å². The van der Waals surface area contributed by atoms with Gasteiger partial charge in [-0.3, -0.25) is 9.10 Å². The Morgan fingerprint density at radius 1 is 1.00 bits per heavy atom. The van der Waals surface area contributed by atoms with Crippen LogP contribution in [0.3, 0.4) is 0 Å². The van der Waals surface area contributed by atoms with Crippen LogP contribution in [0.1, 0.15) is 31.9 Å². The van der Waals surface area contributed by atoms with Gasteiger partial charge in [0.2, 0.25) is 5.91 Å². The van der Waals surface area contributed by atoms with E-state index >= 15 is 0 Å². The van der Waals surface area contributed by atoms with Crippen LogP contribution in [-0.2, 0) is 14.8 Å². The van der Waals surface area contributed by atoms with E-state index in [2.05, 4.69) is 5.32 Å². The van der Waals surface area contributed by atoms with Gasteiger partial charge < -0.3 is 19.5 Å². The largest absolute Gasteiger partial charge is 0.497 e. The minimum Gasteiger partial charge on any atom is -0.497 e. The van der Waals surface area contributed by atoms with Crippen molar-refractivity contribution >= 4 is 21.6 Å². The average molecular weight is 511 g/mol. The Morgan fingerprint density at radius 2 is 1.64 bits per heavy atom. The molecule has 0 bridgehead atoms. The zero-order valence-corrected chi connectivity index (χ0v) is 21.5. The Kier molecular flexibility index (Phi) is 7.12. The first-order valence-corrected chi connectivity index (χ1v) is 12.9. The molecule has 1 N–H and O–H groups in total. The number of methoxy groups -OCH3 is 2. The third kappa shape index (κ3) is 5.41. The molecule has 4 rings (SSSR count). The molecule has 0 saturated heterocycles. The topological polar surface area (TPSA) is 94.2 Å². The van der Waals surface area contributed by atoms with Gasteiger partial charge in [-0.25, -0.2) is 8.42 Å². The van der Waals surface area contributed by atoms with Crippen molar-refractivity contribution in [1.82, 2.24) is 5.32 Å². The number of sulfonamides is 1. The number of hydrogen-bond acceptors (Lipinski definition) is 6. The fourth-order valence-corrected chi connectivity index (χ4v) is 5.68. The molecule has 8 nitrogen and oxygen atoms in total. The Balaban J connectivity index is 1.64. The summed E-state index contributed by atoms with van der Waals surface area (Å²) in [6.07, 6.45) is 0.520. The molecule has 1 aliphatic rings. The summed E-state index contributed by atoms with van der Waals surface area (Å²) in [5.74, 6) is 1.42. The Morgan fingerprint density at radius 3 is 2.28 bits per heavy atom. The van der Waals surface area contributed by atoms with Crippen LogP contribution in [0.2, 0.25) is 0 Å². The molecule has 9 heteroatoms. The molecule has 1 aliphatic heterocycles. The quantitative estimate of drug-likeness (QED) is 0.485. The maximum absolute atomic E-state index is 13.6. The zero-order chi connectivity index (χ0) is 25.9. The molecule has 0 fully saturated rings.